The van der Waals surface area contributed by atoms with E-state index < -0.39 is 6.85 Å². The molecule has 0 unspecified atom stereocenters. The summed E-state index contributed by atoms with van der Waals surface area (Å²) in [5.41, 5.74) is 5.66. The number of benzene rings is 3. The minimum absolute atomic E-state index is 0. The number of hydrogen-bond donors (Lipinski definition) is 0. The molecule has 0 bridgehead atoms. The fraction of sp³-hybridized carbons (Fsp3) is 0.250. The van der Waals surface area contributed by atoms with Crippen molar-refractivity contribution in [2.24, 2.45) is 0 Å². The Morgan fingerprint density at radius 2 is 1.55 bits per heavy atom. The molecule has 0 aliphatic heterocycles. The van der Waals surface area contributed by atoms with E-state index in [4.69, 9.17) is 9.10 Å². The molecule has 2 heterocycles. The van der Waals surface area contributed by atoms with Crippen LogP contribution in [0.15, 0.2) is 60.7 Å². The van der Waals surface area contributed by atoms with Crippen molar-refractivity contribution in [3.63, 3.8) is 0 Å². The minimum Gasteiger partial charge on any atom is -0.333 e. The number of pyridine rings is 1. The molecule has 2 aromatic heterocycles. The topological polar surface area (TPSA) is 17.3 Å². The number of nitrogens with zero attached hydrogens (tertiary/aromatic N) is 2. The van der Waals surface area contributed by atoms with Gasteiger partial charge in [0.05, 0.1) is 17.0 Å². The van der Waals surface area contributed by atoms with Gasteiger partial charge in [-0.05, 0) is 41.3 Å². The molecule has 5 aromatic rings. The Hall–Kier alpha value is -2.48. The van der Waals surface area contributed by atoms with Gasteiger partial charge < -0.3 is 4.40 Å². The molecule has 31 heavy (non-hydrogen) atoms. The van der Waals surface area contributed by atoms with Crippen molar-refractivity contribution in [1.82, 2.24) is 9.38 Å². The Morgan fingerprint density at radius 1 is 0.871 bits per heavy atom. The standard InChI is InChI=1S/C28H27N2.Ir/c1-17(2)20-14-10-15-21(18(3)4)26(20)27-19(5)29-28-24-13-7-6-11-22(24)23-12-8-9-16-25(23)30(27)28;/h6-12,14-18H,1-5H3;/q-1;/i5D3;. The van der Waals surface area contributed by atoms with Crippen molar-refractivity contribution in [2.45, 2.75) is 46.4 Å². The van der Waals surface area contributed by atoms with E-state index in [1.807, 2.05) is 24.3 Å². The smallest absolute Gasteiger partial charge is 0.0669 e. The first-order chi connectivity index (χ1) is 15.7. The maximum Gasteiger partial charge on any atom is 0.0669 e. The molecule has 2 nitrogen and oxygen atoms in total. The Labute approximate surface area is 201 Å². The van der Waals surface area contributed by atoms with Gasteiger partial charge in [-0.25, -0.2) is 0 Å². The second-order valence-electron chi connectivity index (χ2n) is 8.56. The van der Waals surface area contributed by atoms with Crippen LogP contribution in [-0.2, 0) is 20.1 Å². The van der Waals surface area contributed by atoms with Gasteiger partial charge in [0.25, 0.3) is 0 Å². The van der Waals surface area contributed by atoms with E-state index in [2.05, 4.69) is 74.6 Å². The number of imidazole rings is 1. The van der Waals surface area contributed by atoms with Crippen LogP contribution in [0.25, 0.3) is 38.6 Å². The predicted molar refractivity (Wildman–Crippen MR) is 127 cm³/mol. The van der Waals surface area contributed by atoms with Gasteiger partial charge >= 0.3 is 0 Å². The van der Waals surface area contributed by atoms with Crippen LogP contribution in [0.2, 0.25) is 0 Å². The summed E-state index contributed by atoms with van der Waals surface area (Å²) in [4.78, 5) is 4.81. The first-order valence-corrected chi connectivity index (χ1v) is 10.6. The number of aromatic nitrogens is 2. The molecule has 5 rings (SSSR count). The average molecular weight is 587 g/mol. The fourth-order valence-electron chi connectivity index (χ4n) is 4.62. The Balaban J connectivity index is 0.00000274. The maximum atomic E-state index is 8.41. The Kier molecular flexibility index (Phi) is 4.81. The van der Waals surface area contributed by atoms with E-state index in [0.29, 0.717) is 11.3 Å². The molecule has 0 aliphatic rings. The van der Waals surface area contributed by atoms with Gasteiger partial charge in [-0.2, -0.15) is 0 Å². The molecule has 3 heteroatoms. The van der Waals surface area contributed by atoms with Gasteiger partial charge in [0.15, 0.2) is 0 Å². The number of aryl methyl sites for hydroxylation is 1. The minimum atomic E-state index is -2.36. The van der Waals surface area contributed by atoms with Gasteiger partial charge in [-0.1, -0.05) is 69.5 Å². The average Bonchev–Trinajstić information content (AvgIpc) is 3.20. The number of para-hydroxylation sites is 1. The van der Waals surface area contributed by atoms with E-state index in [1.54, 1.807) is 0 Å². The molecule has 0 fully saturated rings. The van der Waals surface area contributed by atoms with E-state index in [9.17, 15) is 0 Å². The van der Waals surface area contributed by atoms with Crippen molar-refractivity contribution >= 4 is 27.3 Å². The Morgan fingerprint density at radius 3 is 2.23 bits per heavy atom. The number of fused-ring (bicyclic) bond motifs is 6. The molecule has 0 saturated carbocycles. The summed E-state index contributed by atoms with van der Waals surface area (Å²) in [5.74, 6) is 0.457. The van der Waals surface area contributed by atoms with Crippen LogP contribution in [0, 0.1) is 12.9 Å². The second kappa shape index (κ2) is 8.22. The van der Waals surface area contributed by atoms with Crippen LogP contribution in [-0.4, -0.2) is 9.38 Å². The molecule has 3 aromatic carbocycles. The SMILES string of the molecule is [2H]C([2H])([2H])c1nc2c3[c-]cccc3c3ccccc3n2c1-c1c(C(C)C)cccc1C(C)C.[Ir]. The fourth-order valence-corrected chi connectivity index (χ4v) is 4.62. The monoisotopic (exact) mass is 587 g/mol. The third-order valence-corrected chi connectivity index (χ3v) is 6.00. The molecule has 0 aliphatic carbocycles. The second-order valence-corrected chi connectivity index (χ2v) is 8.56. The van der Waals surface area contributed by atoms with E-state index in [1.165, 1.54) is 0 Å². The van der Waals surface area contributed by atoms with E-state index in [0.717, 1.165) is 38.4 Å². The first kappa shape index (κ1) is 18.1. The molecule has 0 N–H and O–H groups in total. The quantitative estimate of drug-likeness (QED) is 0.157. The summed E-state index contributed by atoms with van der Waals surface area (Å²) in [6.07, 6.45) is 0. The summed E-state index contributed by atoms with van der Waals surface area (Å²) < 4.78 is 27.3. The molecule has 0 atom stereocenters. The molecule has 0 saturated heterocycles. The largest absolute Gasteiger partial charge is 0.333 e. The Bertz CT molecular complexity index is 1490. The van der Waals surface area contributed by atoms with Crippen molar-refractivity contribution < 1.29 is 24.2 Å². The zero-order valence-electron chi connectivity index (χ0n) is 21.2. The zero-order chi connectivity index (χ0) is 23.5. The summed E-state index contributed by atoms with van der Waals surface area (Å²) in [7, 11) is 0. The van der Waals surface area contributed by atoms with Gasteiger partial charge in [0.2, 0.25) is 0 Å². The first-order valence-electron chi connectivity index (χ1n) is 12.1. The van der Waals surface area contributed by atoms with Crippen LogP contribution >= 0.6 is 0 Å². The van der Waals surface area contributed by atoms with Crippen molar-refractivity contribution in [2.75, 3.05) is 0 Å². The molecule has 159 valence electrons. The van der Waals surface area contributed by atoms with Crippen molar-refractivity contribution in [3.05, 3.63) is 83.6 Å². The molecular weight excluding hydrogens is 557 g/mol. The van der Waals surface area contributed by atoms with Gasteiger partial charge in [-0.3, -0.25) is 4.98 Å². The normalized spacial score (nSPS) is 13.5. The predicted octanol–water partition coefficient (Wildman–Crippen LogP) is 7.66. The van der Waals surface area contributed by atoms with Crippen molar-refractivity contribution in [1.29, 1.82) is 0 Å². The summed E-state index contributed by atoms with van der Waals surface area (Å²) >= 11 is 0. The molecule has 0 amide bonds. The number of rotatable bonds is 3. The van der Waals surface area contributed by atoms with Gasteiger partial charge in [-0.15, -0.1) is 29.7 Å². The van der Waals surface area contributed by atoms with Gasteiger partial charge in [0.1, 0.15) is 0 Å². The summed E-state index contributed by atoms with van der Waals surface area (Å²) in [6, 6.07) is 23.7. The number of hydrogen-bond acceptors (Lipinski definition) is 1. The van der Waals surface area contributed by atoms with Crippen LogP contribution in [0.4, 0.5) is 0 Å². The van der Waals surface area contributed by atoms with Gasteiger partial charge in [0, 0.05) is 35.3 Å². The third-order valence-electron chi connectivity index (χ3n) is 6.00. The van der Waals surface area contributed by atoms with Crippen molar-refractivity contribution in [3.8, 4) is 11.3 Å². The van der Waals surface area contributed by atoms with Crippen LogP contribution in [0.3, 0.4) is 0 Å². The van der Waals surface area contributed by atoms with E-state index >= 15 is 0 Å². The molecule has 0 spiro atoms. The van der Waals surface area contributed by atoms with Crippen LogP contribution < -0.4 is 0 Å². The third kappa shape index (κ3) is 3.32. The maximum absolute atomic E-state index is 8.41. The van der Waals surface area contributed by atoms with Crippen LogP contribution in [0.1, 0.15) is 60.5 Å². The van der Waals surface area contributed by atoms with Crippen LogP contribution in [0.5, 0.6) is 0 Å². The van der Waals surface area contributed by atoms with E-state index in [-0.39, 0.29) is 37.6 Å². The molecule has 1 radical (unpaired) electrons. The summed E-state index contributed by atoms with van der Waals surface area (Å²) in [6.45, 7) is 6.26. The zero-order valence-corrected chi connectivity index (χ0v) is 20.6. The summed E-state index contributed by atoms with van der Waals surface area (Å²) in [5, 5.41) is 2.91. The molecular formula is C28H27IrN2-.